The Labute approximate surface area is 95.7 Å². The first-order chi connectivity index (χ1) is 7.65. The largest absolute Gasteiger partial charge is 0.395 e. The molecular formula is C12H18N2O2. The van der Waals surface area contributed by atoms with Gasteiger partial charge in [-0.05, 0) is 18.6 Å². The van der Waals surface area contributed by atoms with Crippen LogP contribution in [0.3, 0.4) is 0 Å². The lowest BCUT2D eigenvalue weighted by molar-refractivity contribution is -0.114. The summed E-state index contributed by atoms with van der Waals surface area (Å²) in [5.41, 5.74) is 1.83. The van der Waals surface area contributed by atoms with E-state index in [1.807, 2.05) is 31.2 Å². The van der Waals surface area contributed by atoms with Gasteiger partial charge in [0.25, 0.3) is 0 Å². The number of para-hydroxylation sites is 1. The summed E-state index contributed by atoms with van der Waals surface area (Å²) < 4.78 is 0. The minimum atomic E-state index is -0.0817. The van der Waals surface area contributed by atoms with Crippen LogP contribution in [0.4, 0.5) is 5.69 Å². The molecular weight excluding hydrogens is 204 g/mol. The third-order valence-electron chi connectivity index (χ3n) is 2.30. The highest BCUT2D eigenvalue weighted by molar-refractivity contribution is 5.89. The number of amides is 1. The monoisotopic (exact) mass is 222 g/mol. The lowest BCUT2D eigenvalue weighted by Crippen LogP contribution is -2.23. The molecule has 0 aliphatic carbocycles. The summed E-state index contributed by atoms with van der Waals surface area (Å²) in [5, 5.41) is 14.7. The Kier molecular flexibility index (Phi) is 4.95. The molecule has 0 bridgehead atoms. The minimum Gasteiger partial charge on any atom is -0.395 e. The van der Waals surface area contributed by atoms with Crippen LogP contribution in [0.25, 0.3) is 0 Å². The average Bonchev–Trinajstić information content (AvgIpc) is 2.26. The molecule has 0 aliphatic heterocycles. The first kappa shape index (κ1) is 12.7. The molecule has 0 fully saturated rings. The van der Waals surface area contributed by atoms with Crippen LogP contribution in [0.2, 0.25) is 0 Å². The highest BCUT2D eigenvalue weighted by atomic mass is 16.3. The molecule has 0 aromatic heterocycles. The summed E-state index contributed by atoms with van der Waals surface area (Å²) in [6.07, 6.45) is 0. The lowest BCUT2D eigenvalue weighted by atomic mass is 10.1. The summed E-state index contributed by atoms with van der Waals surface area (Å²) in [6, 6.07) is 7.73. The maximum atomic E-state index is 11.0. The van der Waals surface area contributed by atoms with E-state index in [9.17, 15) is 4.79 Å². The Morgan fingerprint density at radius 2 is 2.12 bits per heavy atom. The van der Waals surface area contributed by atoms with E-state index in [0.29, 0.717) is 6.54 Å². The number of hydrogen-bond acceptors (Lipinski definition) is 3. The zero-order valence-corrected chi connectivity index (χ0v) is 9.66. The number of aliphatic hydroxyl groups excluding tert-OH is 1. The molecule has 1 unspecified atom stereocenters. The van der Waals surface area contributed by atoms with Gasteiger partial charge in [0.2, 0.25) is 5.91 Å². The van der Waals surface area contributed by atoms with Crippen LogP contribution in [0.15, 0.2) is 24.3 Å². The van der Waals surface area contributed by atoms with Gasteiger partial charge in [0.1, 0.15) is 0 Å². The molecule has 1 aromatic carbocycles. The second-order valence-corrected chi connectivity index (χ2v) is 3.67. The standard InChI is InChI=1S/C12H18N2O2/c1-9(13-7-8-15)11-5-3-4-6-12(11)14-10(2)16/h3-6,9,13,15H,7-8H2,1-2H3,(H,14,16). The summed E-state index contributed by atoms with van der Waals surface area (Å²) in [6.45, 7) is 4.13. The smallest absolute Gasteiger partial charge is 0.221 e. The van der Waals surface area contributed by atoms with Gasteiger partial charge in [-0.15, -0.1) is 0 Å². The van der Waals surface area contributed by atoms with Crippen molar-refractivity contribution in [1.82, 2.24) is 5.32 Å². The fourth-order valence-corrected chi connectivity index (χ4v) is 1.57. The Hall–Kier alpha value is -1.39. The van der Waals surface area contributed by atoms with Gasteiger partial charge < -0.3 is 15.7 Å². The summed E-state index contributed by atoms with van der Waals surface area (Å²) in [7, 11) is 0. The fourth-order valence-electron chi connectivity index (χ4n) is 1.57. The third-order valence-corrected chi connectivity index (χ3v) is 2.30. The number of benzene rings is 1. The Balaban J connectivity index is 2.80. The van der Waals surface area contributed by atoms with Gasteiger partial charge in [-0.25, -0.2) is 0 Å². The van der Waals surface area contributed by atoms with Crippen LogP contribution in [-0.2, 0) is 4.79 Å². The zero-order chi connectivity index (χ0) is 12.0. The Bertz CT molecular complexity index is 353. The van der Waals surface area contributed by atoms with Crippen molar-refractivity contribution < 1.29 is 9.90 Å². The van der Waals surface area contributed by atoms with Crippen molar-refractivity contribution in [2.45, 2.75) is 19.9 Å². The van der Waals surface area contributed by atoms with E-state index in [0.717, 1.165) is 11.3 Å². The number of carbonyl (C=O) groups excluding carboxylic acids is 1. The van der Waals surface area contributed by atoms with Crippen LogP contribution in [0, 0.1) is 0 Å². The van der Waals surface area contributed by atoms with Gasteiger partial charge in [0.15, 0.2) is 0 Å². The fraction of sp³-hybridized carbons (Fsp3) is 0.417. The normalized spacial score (nSPS) is 12.2. The highest BCUT2D eigenvalue weighted by Gasteiger charge is 2.09. The minimum absolute atomic E-state index is 0.0817. The molecule has 16 heavy (non-hydrogen) atoms. The molecule has 1 aromatic rings. The van der Waals surface area contributed by atoms with Crippen molar-refractivity contribution in [2.75, 3.05) is 18.5 Å². The van der Waals surface area contributed by atoms with Crippen molar-refractivity contribution in [1.29, 1.82) is 0 Å². The number of nitrogens with one attached hydrogen (secondary N) is 2. The van der Waals surface area contributed by atoms with E-state index in [4.69, 9.17) is 5.11 Å². The molecule has 0 saturated heterocycles. The first-order valence-electron chi connectivity index (χ1n) is 5.36. The van der Waals surface area contributed by atoms with E-state index >= 15 is 0 Å². The van der Waals surface area contributed by atoms with Crippen molar-refractivity contribution >= 4 is 11.6 Å². The maximum absolute atomic E-state index is 11.0. The Morgan fingerprint density at radius 3 is 2.75 bits per heavy atom. The maximum Gasteiger partial charge on any atom is 0.221 e. The zero-order valence-electron chi connectivity index (χ0n) is 9.66. The van der Waals surface area contributed by atoms with Gasteiger partial charge in [-0.1, -0.05) is 18.2 Å². The lowest BCUT2D eigenvalue weighted by Gasteiger charge is -2.17. The molecule has 1 rings (SSSR count). The highest BCUT2D eigenvalue weighted by Crippen LogP contribution is 2.22. The van der Waals surface area contributed by atoms with Crippen molar-refractivity contribution in [3.8, 4) is 0 Å². The van der Waals surface area contributed by atoms with Crippen molar-refractivity contribution in [3.05, 3.63) is 29.8 Å². The van der Waals surface area contributed by atoms with E-state index in [1.54, 1.807) is 0 Å². The quantitative estimate of drug-likeness (QED) is 0.703. The predicted molar refractivity (Wildman–Crippen MR) is 64.2 cm³/mol. The molecule has 0 saturated carbocycles. The summed E-state index contributed by atoms with van der Waals surface area (Å²) in [5.74, 6) is -0.0817. The van der Waals surface area contributed by atoms with Gasteiger partial charge >= 0.3 is 0 Å². The first-order valence-corrected chi connectivity index (χ1v) is 5.36. The van der Waals surface area contributed by atoms with Crippen molar-refractivity contribution in [2.24, 2.45) is 0 Å². The van der Waals surface area contributed by atoms with Crippen LogP contribution < -0.4 is 10.6 Å². The molecule has 1 amide bonds. The molecule has 88 valence electrons. The van der Waals surface area contributed by atoms with Crippen LogP contribution in [0.1, 0.15) is 25.5 Å². The molecule has 0 spiro atoms. The summed E-state index contributed by atoms with van der Waals surface area (Å²) >= 11 is 0. The molecule has 1 atom stereocenters. The van der Waals surface area contributed by atoms with Gasteiger partial charge in [0.05, 0.1) is 6.61 Å². The topological polar surface area (TPSA) is 61.4 Å². The van der Waals surface area contributed by atoms with Gasteiger partial charge in [-0.2, -0.15) is 0 Å². The number of rotatable bonds is 5. The second kappa shape index (κ2) is 6.25. The van der Waals surface area contributed by atoms with Crippen LogP contribution in [-0.4, -0.2) is 24.2 Å². The van der Waals surface area contributed by atoms with E-state index in [2.05, 4.69) is 10.6 Å². The predicted octanol–water partition coefficient (Wildman–Crippen LogP) is 1.29. The number of carbonyl (C=O) groups is 1. The molecule has 0 heterocycles. The Morgan fingerprint density at radius 1 is 1.44 bits per heavy atom. The molecule has 4 heteroatoms. The molecule has 0 radical (unpaired) electrons. The number of hydrogen-bond donors (Lipinski definition) is 3. The third kappa shape index (κ3) is 3.64. The molecule has 3 N–H and O–H groups in total. The molecule has 0 aliphatic rings. The second-order valence-electron chi connectivity index (χ2n) is 3.67. The van der Waals surface area contributed by atoms with Crippen LogP contribution in [0.5, 0.6) is 0 Å². The van der Waals surface area contributed by atoms with Crippen molar-refractivity contribution in [3.63, 3.8) is 0 Å². The van der Waals surface area contributed by atoms with E-state index in [-0.39, 0.29) is 18.6 Å². The van der Waals surface area contributed by atoms with E-state index in [1.165, 1.54) is 6.92 Å². The number of aliphatic hydroxyl groups is 1. The van der Waals surface area contributed by atoms with Gasteiger partial charge in [0, 0.05) is 25.2 Å². The van der Waals surface area contributed by atoms with Crippen LogP contribution >= 0.6 is 0 Å². The average molecular weight is 222 g/mol. The number of anilines is 1. The SMILES string of the molecule is CC(=O)Nc1ccccc1C(C)NCCO. The van der Waals surface area contributed by atoms with E-state index < -0.39 is 0 Å². The van der Waals surface area contributed by atoms with Gasteiger partial charge in [-0.3, -0.25) is 4.79 Å². The molecule has 4 nitrogen and oxygen atoms in total. The summed E-state index contributed by atoms with van der Waals surface area (Å²) in [4.78, 5) is 11.0.